The number of piperidine rings is 1. The number of aromatic nitrogens is 1. The third kappa shape index (κ3) is 3.26. The monoisotopic (exact) mass is 287 g/mol. The lowest BCUT2D eigenvalue weighted by molar-refractivity contribution is -0.138. The summed E-state index contributed by atoms with van der Waals surface area (Å²) < 4.78 is 0. The van der Waals surface area contributed by atoms with Crippen LogP contribution in [0.15, 0.2) is 24.5 Å². The summed E-state index contributed by atoms with van der Waals surface area (Å²) in [6, 6.07) is 4.18. The molecule has 1 saturated heterocycles. The van der Waals surface area contributed by atoms with Crippen molar-refractivity contribution in [3.05, 3.63) is 30.1 Å². The molecule has 3 rings (SSSR count). The fourth-order valence-corrected chi connectivity index (χ4v) is 3.73. The summed E-state index contributed by atoms with van der Waals surface area (Å²) in [5.74, 6) is 0.871. The van der Waals surface area contributed by atoms with Gasteiger partial charge in [0.15, 0.2) is 0 Å². The highest BCUT2D eigenvalue weighted by Crippen LogP contribution is 2.31. The standard InChI is InChI=1S/C17H25N3O/c18-17(7-1-2-8-17)16(21)20-11-5-15(6-12-20)13-14-3-9-19-10-4-14/h3-4,9-10,15H,1-2,5-8,11-13,18H2. The number of nitrogens with two attached hydrogens (primary N) is 1. The Hall–Kier alpha value is -1.42. The SMILES string of the molecule is NC1(C(=O)N2CCC(Cc3ccncc3)CC2)CCCC1. The van der Waals surface area contributed by atoms with E-state index in [2.05, 4.69) is 17.1 Å². The van der Waals surface area contributed by atoms with Crippen LogP contribution in [0.3, 0.4) is 0 Å². The van der Waals surface area contributed by atoms with E-state index in [9.17, 15) is 4.79 Å². The molecule has 2 heterocycles. The van der Waals surface area contributed by atoms with Crippen LogP contribution in [0.25, 0.3) is 0 Å². The van der Waals surface area contributed by atoms with Gasteiger partial charge in [-0.25, -0.2) is 0 Å². The van der Waals surface area contributed by atoms with E-state index in [-0.39, 0.29) is 5.91 Å². The maximum Gasteiger partial charge on any atom is 0.242 e. The number of pyridine rings is 1. The summed E-state index contributed by atoms with van der Waals surface area (Å²) in [7, 11) is 0. The molecule has 2 aliphatic rings. The van der Waals surface area contributed by atoms with E-state index >= 15 is 0 Å². The molecule has 0 aromatic carbocycles. The zero-order valence-corrected chi connectivity index (χ0v) is 12.6. The van der Waals surface area contributed by atoms with Crippen molar-refractivity contribution < 1.29 is 4.79 Å². The predicted octanol–water partition coefficient (Wildman–Crippen LogP) is 2.13. The first-order valence-electron chi connectivity index (χ1n) is 8.14. The van der Waals surface area contributed by atoms with Crippen molar-refractivity contribution in [1.29, 1.82) is 0 Å². The molecule has 114 valence electrons. The number of amides is 1. The normalized spacial score (nSPS) is 22.4. The zero-order chi connectivity index (χ0) is 14.7. The number of carbonyl (C=O) groups is 1. The highest BCUT2D eigenvalue weighted by molar-refractivity contribution is 5.86. The number of hydrogen-bond donors (Lipinski definition) is 1. The van der Waals surface area contributed by atoms with Crippen molar-refractivity contribution in [3.63, 3.8) is 0 Å². The minimum absolute atomic E-state index is 0.197. The van der Waals surface area contributed by atoms with Gasteiger partial charge in [0.1, 0.15) is 0 Å². The molecule has 2 fully saturated rings. The minimum Gasteiger partial charge on any atom is -0.341 e. The van der Waals surface area contributed by atoms with Gasteiger partial charge in [0, 0.05) is 25.5 Å². The van der Waals surface area contributed by atoms with E-state index in [1.165, 1.54) is 5.56 Å². The number of nitrogens with zero attached hydrogens (tertiary/aromatic N) is 2. The van der Waals surface area contributed by atoms with Crippen molar-refractivity contribution in [3.8, 4) is 0 Å². The molecule has 4 nitrogen and oxygen atoms in total. The van der Waals surface area contributed by atoms with Crippen molar-refractivity contribution in [1.82, 2.24) is 9.88 Å². The summed E-state index contributed by atoms with van der Waals surface area (Å²) in [5.41, 5.74) is 7.08. The Bertz CT molecular complexity index is 474. The van der Waals surface area contributed by atoms with Crippen LogP contribution in [-0.2, 0) is 11.2 Å². The highest BCUT2D eigenvalue weighted by atomic mass is 16.2. The van der Waals surface area contributed by atoms with Gasteiger partial charge >= 0.3 is 0 Å². The van der Waals surface area contributed by atoms with Gasteiger partial charge in [-0.1, -0.05) is 12.8 Å². The number of likely N-dealkylation sites (tertiary alicyclic amines) is 1. The highest BCUT2D eigenvalue weighted by Gasteiger charge is 2.40. The van der Waals surface area contributed by atoms with E-state index in [1.54, 1.807) is 0 Å². The smallest absolute Gasteiger partial charge is 0.242 e. The average Bonchev–Trinajstić information content (AvgIpc) is 2.96. The van der Waals surface area contributed by atoms with Gasteiger partial charge in [-0.2, -0.15) is 0 Å². The van der Waals surface area contributed by atoms with Crippen molar-refractivity contribution in [2.75, 3.05) is 13.1 Å². The molecule has 4 heteroatoms. The maximum absolute atomic E-state index is 12.6. The Morgan fingerprint density at radius 1 is 1.24 bits per heavy atom. The van der Waals surface area contributed by atoms with Gasteiger partial charge in [0.2, 0.25) is 5.91 Å². The Morgan fingerprint density at radius 2 is 1.86 bits per heavy atom. The lowest BCUT2D eigenvalue weighted by Crippen LogP contribution is -2.55. The van der Waals surface area contributed by atoms with Crippen LogP contribution < -0.4 is 5.73 Å². The third-order valence-corrected chi connectivity index (χ3v) is 5.10. The van der Waals surface area contributed by atoms with Crippen molar-refractivity contribution in [2.45, 2.75) is 50.5 Å². The largest absolute Gasteiger partial charge is 0.341 e. The molecule has 0 unspecified atom stereocenters. The Kier molecular flexibility index (Phi) is 4.24. The molecule has 0 spiro atoms. The summed E-state index contributed by atoms with van der Waals surface area (Å²) >= 11 is 0. The summed E-state index contributed by atoms with van der Waals surface area (Å²) in [6.07, 6.45) is 10.9. The van der Waals surface area contributed by atoms with Gasteiger partial charge in [-0.3, -0.25) is 9.78 Å². The zero-order valence-electron chi connectivity index (χ0n) is 12.6. The third-order valence-electron chi connectivity index (χ3n) is 5.10. The molecule has 1 aliphatic heterocycles. The first kappa shape index (κ1) is 14.5. The molecule has 0 atom stereocenters. The quantitative estimate of drug-likeness (QED) is 0.926. The molecule has 1 amide bonds. The molecule has 1 saturated carbocycles. The van der Waals surface area contributed by atoms with E-state index in [1.807, 2.05) is 17.3 Å². The predicted molar refractivity (Wildman–Crippen MR) is 82.6 cm³/mol. The van der Waals surface area contributed by atoms with Crippen LogP contribution in [0.2, 0.25) is 0 Å². The van der Waals surface area contributed by atoms with Crippen LogP contribution >= 0.6 is 0 Å². The van der Waals surface area contributed by atoms with Gasteiger partial charge in [-0.05, 0) is 55.7 Å². The molecule has 0 radical (unpaired) electrons. The van der Waals surface area contributed by atoms with Crippen LogP contribution in [0.1, 0.15) is 44.1 Å². The van der Waals surface area contributed by atoms with E-state index in [0.717, 1.165) is 58.0 Å². The first-order chi connectivity index (χ1) is 10.2. The number of carbonyl (C=O) groups excluding carboxylic acids is 1. The van der Waals surface area contributed by atoms with E-state index in [0.29, 0.717) is 5.92 Å². The molecule has 21 heavy (non-hydrogen) atoms. The topological polar surface area (TPSA) is 59.2 Å². The molecule has 1 aromatic rings. The molecule has 0 bridgehead atoms. The first-order valence-corrected chi connectivity index (χ1v) is 8.14. The molecule has 1 aliphatic carbocycles. The second-order valence-corrected chi connectivity index (χ2v) is 6.66. The minimum atomic E-state index is -0.558. The number of hydrogen-bond acceptors (Lipinski definition) is 3. The maximum atomic E-state index is 12.6. The Labute approximate surface area is 126 Å². The van der Waals surface area contributed by atoms with E-state index < -0.39 is 5.54 Å². The summed E-state index contributed by atoms with van der Waals surface area (Å²) in [6.45, 7) is 1.74. The van der Waals surface area contributed by atoms with Crippen LogP contribution in [0.4, 0.5) is 0 Å². The van der Waals surface area contributed by atoms with Crippen LogP contribution in [-0.4, -0.2) is 34.4 Å². The molecular weight excluding hydrogens is 262 g/mol. The van der Waals surface area contributed by atoms with Gasteiger partial charge in [-0.15, -0.1) is 0 Å². The summed E-state index contributed by atoms with van der Waals surface area (Å²) in [4.78, 5) is 18.6. The van der Waals surface area contributed by atoms with Crippen molar-refractivity contribution >= 4 is 5.91 Å². The Morgan fingerprint density at radius 3 is 2.48 bits per heavy atom. The Balaban J connectivity index is 1.52. The fourth-order valence-electron chi connectivity index (χ4n) is 3.73. The molecular formula is C17H25N3O. The van der Waals surface area contributed by atoms with Crippen LogP contribution in [0.5, 0.6) is 0 Å². The molecule has 2 N–H and O–H groups in total. The number of rotatable bonds is 3. The second kappa shape index (κ2) is 6.14. The van der Waals surface area contributed by atoms with Crippen LogP contribution in [0, 0.1) is 5.92 Å². The average molecular weight is 287 g/mol. The lowest BCUT2D eigenvalue weighted by Gasteiger charge is -2.36. The van der Waals surface area contributed by atoms with Gasteiger partial charge in [0.05, 0.1) is 5.54 Å². The van der Waals surface area contributed by atoms with Gasteiger partial charge in [0.25, 0.3) is 0 Å². The van der Waals surface area contributed by atoms with Crippen molar-refractivity contribution in [2.24, 2.45) is 11.7 Å². The van der Waals surface area contributed by atoms with Gasteiger partial charge < -0.3 is 10.6 Å². The molecule has 1 aromatic heterocycles. The van der Waals surface area contributed by atoms with E-state index in [4.69, 9.17) is 5.73 Å². The lowest BCUT2D eigenvalue weighted by atomic mass is 9.89. The summed E-state index contributed by atoms with van der Waals surface area (Å²) in [5, 5.41) is 0. The second-order valence-electron chi connectivity index (χ2n) is 6.66. The fraction of sp³-hybridized carbons (Fsp3) is 0.647.